The number of hydrogen-bond acceptors (Lipinski definition) is 4. The molecule has 0 rings (SSSR count). The number of carboxylic acids is 1. The van der Waals surface area contributed by atoms with E-state index in [1.165, 1.54) is 11.8 Å². The molecule has 0 saturated heterocycles. The Hall–Kier alpha value is -0.710. The van der Waals surface area contributed by atoms with E-state index in [-0.39, 0.29) is 5.71 Å². The fourth-order valence-corrected chi connectivity index (χ4v) is 0.796. The Morgan fingerprint density at radius 2 is 2.30 bits per heavy atom. The van der Waals surface area contributed by atoms with Gasteiger partial charge in [-0.25, -0.2) is 4.79 Å². The maximum atomic E-state index is 10.1. The first kappa shape index (κ1) is 9.29. The molecule has 0 aliphatic heterocycles. The van der Waals surface area contributed by atoms with Gasteiger partial charge in [0.25, 0.3) is 0 Å². The van der Waals surface area contributed by atoms with Gasteiger partial charge < -0.3 is 10.3 Å². The van der Waals surface area contributed by atoms with Crippen molar-refractivity contribution in [1.29, 1.82) is 0 Å². The summed E-state index contributed by atoms with van der Waals surface area (Å²) < 4.78 is 0. The number of carbonyl (C=O) groups is 1. The van der Waals surface area contributed by atoms with Crippen molar-refractivity contribution in [1.82, 2.24) is 0 Å². The molecular formula is C5H9NO3S. The van der Waals surface area contributed by atoms with Gasteiger partial charge in [0, 0.05) is 6.42 Å². The second-order valence-corrected chi connectivity index (χ2v) is 2.58. The SMILES string of the molecule is CSCCC(=NO)C(=O)O. The summed E-state index contributed by atoms with van der Waals surface area (Å²) in [6.07, 6.45) is 2.16. The summed E-state index contributed by atoms with van der Waals surface area (Å²) >= 11 is 1.51. The lowest BCUT2D eigenvalue weighted by molar-refractivity contribution is -0.129. The summed E-state index contributed by atoms with van der Waals surface area (Å²) in [7, 11) is 0. The van der Waals surface area contributed by atoms with Gasteiger partial charge in [-0.05, 0) is 12.0 Å². The van der Waals surface area contributed by atoms with Crippen LogP contribution in [0.3, 0.4) is 0 Å². The minimum atomic E-state index is -1.16. The standard InChI is InChI=1S/C5H9NO3S/c1-10-3-2-4(6-9)5(7)8/h9H,2-3H2,1H3,(H,7,8). The second kappa shape index (κ2) is 5.10. The Balaban J connectivity index is 3.74. The van der Waals surface area contributed by atoms with Gasteiger partial charge in [0.2, 0.25) is 0 Å². The molecule has 5 heteroatoms. The van der Waals surface area contributed by atoms with Crippen LogP contribution in [0.2, 0.25) is 0 Å². The quantitative estimate of drug-likeness (QED) is 0.363. The summed E-state index contributed by atoms with van der Waals surface area (Å²) in [5.41, 5.74) is -0.186. The summed E-state index contributed by atoms with van der Waals surface area (Å²) in [4.78, 5) is 10.1. The van der Waals surface area contributed by atoms with Gasteiger partial charge in [0.05, 0.1) is 0 Å². The normalized spacial score (nSPS) is 11.5. The maximum Gasteiger partial charge on any atom is 0.353 e. The fraction of sp³-hybridized carbons (Fsp3) is 0.600. The van der Waals surface area contributed by atoms with Gasteiger partial charge in [0.15, 0.2) is 5.71 Å². The first-order valence-electron chi connectivity index (χ1n) is 2.65. The Bertz CT molecular complexity index is 146. The summed E-state index contributed by atoms with van der Waals surface area (Å²) in [6, 6.07) is 0. The molecule has 0 aliphatic carbocycles. The van der Waals surface area contributed by atoms with E-state index < -0.39 is 5.97 Å². The van der Waals surface area contributed by atoms with Crippen molar-refractivity contribution < 1.29 is 15.1 Å². The van der Waals surface area contributed by atoms with Crippen molar-refractivity contribution in [3.63, 3.8) is 0 Å². The molecule has 10 heavy (non-hydrogen) atoms. The number of hydrogen-bond donors (Lipinski definition) is 2. The molecule has 0 atom stereocenters. The van der Waals surface area contributed by atoms with E-state index in [1.807, 2.05) is 6.26 Å². The molecule has 0 bridgehead atoms. The molecule has 4 nitrogen and oxygen atoms in total. The molecule has 0 heterocycles. The van der Waals surface area contributed by atoms with Gasteiger partial charge in [-0.1, -0.05) is 5.16 Å². The molecule has 0 aromatic carbocycles. The zero-order chi connectivity index (χ0) is 7.98. The van der Waals surface area contributed by atoms with Crippen molar-refractivity contribution in [2.24, 2.45) is 5.16 Å². The second-order valence-electron chi connectivity index (χ2n) is 1.59. The third-order valence-corrected chi connectivity index (χ3v) is 1.52. The van der Waals surface area contributed by atoms with Crippen LogP contribution in [-0.4, -0.2) is 34.0 Å². The third kappa shape index (κ3) is 3.34. The molecular weight excluding hydrogens is 154 g/mol. The van der Waals surface area contributed by atoms with Crippen LogP contribution in [0.1, 0.15) is 6.42 Å². The van der Waals surface area contributed by atoms with Crippen LogP contribution in [0.5, 0.6) is 0 Å². The van der Waals surface area contributed by atoms with Crippen molar-refractivity contribution in [2.75, 3.05) is 12.0 Å². The van der Waals surface area contributed by atoms with Gasteiger partial charge in [-0.3, -0.25) is 0 Å². The average Bonchev–Trinajstić information content (AvgIpc) is 1.89. The molecule has 0 aromatic rings. The van der Waals surface area contributed by atoms with E-state index in [4.69, 9.17) is 10.3 Å². The van der Waals surface area contributed by atoms with Gasteiger partial charge in [-0.2, -0.15) is 11.8 Å². The molecule has 0 spiro atoms. The fourth-order valence-electron chi connectivity index (χ4n) is 0.398. The molecule has 0 radical (unpaired) electrons. The molecule has 0 unspecified atom stereocenters. The molecule has 0 aromatic heterocycles. The Morgan fingerprint density at radius 1 is 1.70 bits per heavy atom. The van der Waals surface area contributed by atoms with E-state index in [9.17, 15) is 4.79 Å². The van der Waals surface area contributed by atoms with Crippen molar-refractivity contribution in [3.05, 3.63) is 0 Å². The Labute approximate surface area is 62.9 Å². The molecule has 0 aliphatic rings. The predicted molar refractivity (Wildman–Crippen MR) is 39.9 cm³/mol. The van der Waals surface area contributed by atoms with Crippen LogP contribution in [0, 0.1) is 0 Å². The van der Waals surface area contributed by atoms with E-state index >= 15 is 0 Å². The van der Waals surface area contributed by atoms with Crippen LogP contribution >= 0.6 is 11.8 Å². The van der Waals surface area contributed by atoms with Gasteiger partial charge in [0.1, 0.15) is 0 Å². The minimum Gasteiger partial charge on any atom is -0.477 e. The summed E-state index contributed by atoms with van der Waals surface area (Å²) in [6.45, 7) is 0. The molecule has 0 saturated carbocycles. The third-order valence-electron chi connectivity index (χ3n) is 0.911. The van der Waals surface area contributed by atoms with Gasteiger partial charge in [-0.15, -0.1) is 0 Å². The lowest BCUT2D eigenvalue weighted by atomic mass is 10.3. The lowest BCUT2D eigenvalue weighted by Crippen LogP contribution is -2.13. The predicted octanol–water partition coefficient (Wildman–Crippen LogP) is 0.654. The number of thioether (sulfide) groups is 1. The molecule has 0 amide bonds. The van der Waals surface area contributed by atoms with Crippen LogP contribution in [0.25, 0.3) is 0 Å². The maximum absolute atomic E-state index is 10.1. The number of rotatable bonds is 4. The first-order valence-corrected chi connectivity index (χ1v) is 4.05. The highest BCUT2D eigenvalue weighted by Crippen LogP contribution is 1.97. The van der Waals surface area contributed by atoms with E-state index in [1.54, 1.807) is 0 Å². The van der Waals surface area contributed by atoms with E-state index in [0.29, 0.717) is 12.2 Å². The Morgan fingerprint density at radius 3 is 2.60 bits per heavy atom. The zero-order valence-corrected chi connectivity index (χ0v) is 6.39. The summed E-state index contributed by atoms with van der Waals surface area (Å²) in [5.74, 6) is -0.498. The zero-order valence-electron chi connectivity index (χ0n) is 5.57. The number of carboxylic acid groups (broad SMARTS) is 1. The molecule has 2 N–H and O–H groups in total. The highest BCUT2D eigenvalue weighted by Gasteiger charge is 2.07. The topological polar surface area (TPSA) is 69.9 Å². The summed E-state index contributed by atoms with van der Waals surface area (Å²) in [5, 5.41) is 19.0. The number of aliphatic carboxylic acids is 1. The van der Waals surface area contributed by atoms with Crippen LogP contribution < -0.4 is 0 Å². The largest absolute Gasteiger partial charge is 0.477 e. The van der Waals surface area contributed by atoms with E-state index in [0.717, 1.165) is 0 Å². The first-order chi connectivity index (χ1) is 4.72. The van der Waals surface area contributed by atoms with Gasteiger partial charge >= 0.3 is 5.97 Å². The van der Waals surface area contributed by atoms with Crippen LogP contribution in [-0.2, 0) is 4.79 Å². The molecule has 58 valence electrons. The number of oxime groups is 1. The highest BCUT2D eigenvalue weighted by atomic mass is 32.2. The Kier molecular flexibility index (Phi) is 4.74. The average molecular weight is 163 g/mol. The highest BCUT2D eigenvalue weighted by molar-refractivity contribution is 7.98. The lowest BCUT2D eigenvalue weighted by Gasteiger charge is -1.94. The monoisotopic (exact) mass is 163 g/mol. The smallest absolute Gasteiger partial charge is 0.353 e. The molecule has 0 fully saturated rings. The van der Waals surface area contributed by atoms with Crippen molar-refractivity contribution in [2.45, 2.75) is 6.42 Å². The van der Waals surface area contributed by atoms with Crippen LogP contribution in [0.15, 0.2) is 5.16 Å². The van der Waals surface area contributed by atoms with Crippen molar-refractivity contribution >= 4 is 23.4 Å². The van der Waals surface area contributed by atoms with Crippen LogP contribution in [0.4, 0.5) is 0 Å². The van der Waals surface area contributed by atoms with E-state index in [2.05, 4.69) is 5.16 Å². The van der Waals surface area contributed by atoms with Crippen molar-refractivity contribution in [3.8, 4) is 0 Å². The number of nitrogens with zero attached hydrogens (tertiary/aromatic N) is 1. The minimum absolute atomic E-state index is 0.186.